The van der Waals surface area contributed by atoms with E-state index in [1.165, 1.54) is 6.92 Å². The molecule has 0 saturated carbocycles. The minimum atomic E-state index is -0.254. The van der Waals surface area contributed by atoms with Crippen molar-refractivity contribution in [2.45, 2.75) is 32.2 Å². The van der Waals surface area contributed by atoms with Crippen LogP contribution in [-0.4, -0.2) is 42.1 Å². The summed E-state index contributed by atoms with van der Waals surface area (Å²) in [6, 6.07) is -0.0143. The number of likely N-dealkylation sites (N-methyl/N-ethyl adjacent to an activating group) is 1. The van der Waals surface area contributed by atoms with Gasteiger partial charge in [-0.05, 0) is 13.3 Å². The van der Waals surface area contributed by atoms with Gasteiger partial charge in [-0.2, -0.15) is 0 Å². The van der Waals surface area contributed by atoms with Crippen LogP contribution in [0.2, 0.25) is 0 Å². The molecule has 0 radical (unpaired) electrons. The molecule has 5 nitrogen and oxygen atoms in total. The molecule has 1 saturated heterocycles. The molecule has 0 aromatic carbocycles. The van der Waals surface area contributed by atoms with Gasteiger partial charge in [-0.15, -0.1) is 0 Å². The number of Topliss-reactive ketones (excluding diaryl/α,β-unsaturated/α-hetero) is 1. The highest BCUT2D eigenvalue weighted by Gasteiger charge is 2.23. The number of carbonyl (C=O) groups is 3. The van der Waals surface area contributed by atoms with E-state index in [0.29, 0.717) is 19.4 Å². The third kappa shape index (κ3) is 3.69. The molecule has 15 heavy (non-hydrogen) atoms. The molecule has 0 bridgehead atoms. The van der Waals surface area contributed by atoms with Gasteiger partial charge in [0.15, 0.2) is 0 Å². The Kier molecular flexibility index (Phi) is 3.82. The molecule has 0 aromatic rings. The third-order valence-corrected chi connectivity index (χ3v) is 2.40. The van der Waals surface area contributed by atoms with Crippen LogP contribution in [0.4, 0.5) is 0 Å². The predicted molar refractivity (Wildman–Crippen MR) is 54.1 cm³/mol. The summed E-state index contributed by atoms with van der Waals surface area (Å²) in [5.74, 6) is -0.296. The van der Waals surface area contributed by atoms with E-state index in [1.54, 1.807) is 11.9 Å². The van der Waals surface area contributed by atoms with Crippen molar-refractivity contribution in [1.29, 1.82) is 0 Å². The van der Waals surface area contributed by atoms with Crippen LogP contribution in [0.3, 0.4) is 0 Å². The summed E-state index contributed by atoms with van der Waals surface area (Å²) in [7, 11) is 1.71. The average molecular weight is 212 g/mol. The van der Waals surface area contributed by atoms with Crippen LogP contribution in [0.5, 0.6) is 0 Å². The normalized spacial score (nSPS) is 21.3. The minimum absolute atomic E-state index is 0.0143. The number of amides is 2. The van der Waals surface area contributed by atoms with Crippen LogP contribution < -0.4 is 5.32 Å². The summed E-state index contributed by atoms with van der Waals surface area (Å²) in [5.41, 5.74) is 0. The van der Waals surface area contributed by atoms with Gasteiger partial charge in [-0.1, -0.05) is 0 Å². The molecule has 0 aromatic heterocycles. The quantitative estimate of drug-likeness (QED) is 0.653. The van der Waals surface area contributed by atoms with Gasteiger partial charge >= 0.3 is 0 Å². The van der Waals surface area contributed by atoms with Crippen LogP contribution >= 0.6 is 0 Å². The summed E-state index contributed by atoms with van der Waals surface area (Å²) in [5, 5.41) is 2.75. The van der Waals surface area contributed by atoms with Crippen molar-refractivity contribution in [1.82, 2.24) is 10.2 Å². The zero-order chi connectivity index (χ0) is 11.4. The van der Waals surface area contributed by atoms with Crippen molar-refractivity contribution in [3.8, 4) is 0 Å². The van der Waals surface area contributed by atoms with Crippen molar-refractivity contribution in [3.63, 3.8) is 0 Å². The zero-order valence-corrected chi connectivity index (χ0v) is 9.08. The van der Waals surface area contributed by atoms with Gasteiger partial charge < -0.3 is 10.2 Å². The number of rotatable bonds is 3. The molecule has 1 aliphatic rings. The number of nitrogens with one attached hydrogen (secondary N) is 1. The smallest absolute Gasteiger partial charge is 0.227 e. The van der Waals surface area contributed by atoms with Crippen molar-refractivity contribution < 1.29 is 14.4 Å². The van der Waals surface area contributed by atoms with E-state index >= 15 is 0 Å². The summed E-state index contributed by atoms with van der Waals surface area (Å²) in [4.78, 5) is 34.7. The van der Waals surface area contributed by atoms with E-state index in [1.807, 2.05) is 0 Å². The van der Waals surface area contributed by atoms with Crippen molar-refractivity contribution in [2.24, 2.45) is 0 Å². The maximum absolute atomic E-state index is 11.3. The van der Waals surface area contributed by atoms with Gasteiger partial charge in [0, 0.05) is 26.1 Å². The minimum Gasteiger partial charge on any atom is -0.351 e. The van der Waals surface area contributed by atoms with E-state index < -0.39 is 0 Å². The van der Waals surface area contributed by atoms with Crippen LogP contribution in [0.25, 0.3) is 0 Å². The van der Waals surface area contributed by atoms with Crippen LogP contribution in [-0.2, 0) is 14.4 Å². The lowest BCUT2D eigenvalue weighted by molar-refractivity contribution is -0.134. The van der Waals surface area contributed by atoms with Crippen molar-refractivity contribution in [3.05, 3.63) is 0 Å². The molecule has 0 aliphatic carbocycles. The first-order chi connectivity index (χ1) is 6.99. The highest BCUT2D eigenvalue weighted by atomic mass is 16.2. The second-order valence-electron chi connectivity index (χ2n) is 3.96. The third-order valence-electron chi connectivity index (χ3n) is 2.40. The SMILES string of the molecule is CC(=O)CC(=O)NC1CCC(=O)N(C)C1. The number of carbonyl (C=O) groups excluding carboxylic acids is 3. The highest BCUT2D eigenvalue weighted by molar-refractivity contribution is 5.96. The number of ketones is 1. The molecule has 1 unspecified atom stereocenters. The molecule has 1 rings (SSSR count). The Morgan fingerprint density at radius 3 is 2.73 bits per heavy atom. The Morgan fingerprint density at radius 1 is 1.53 bits per heavy atom. The number of likely N-dealkylation sites (tertiary alicyclic amines) is 1. The van der Waals surface area contributed by atoms with Gasteiger partial charge in [0.25, 0.3) is 0 Å². The Morgan fingerprint density at radius 2 is 2.20 bits per heavy atom. The lowest BCUT2D eigenvalue weighted by Crippen LogP contribution is -2.48. The van der Waals surface area contributed by atoms with Crippen LogP contribution in [0.15, 0.2) is 0 Å². The Balaban J connectivity index is 2.36. The van der Waals surface area contributed by atoms with E-state index in [4.69, 9.17) is 0 Å². The van der Waals surface area contributed by atoms with Gasteiger partial charge in [-0.25, -0.2) is 0 Å². The van der Waals surface area contributed by atoms with E-state index in [9.17, 15) is 14.4 Å². The van der Waals surface area contributed by atoms with Crippen molar-refractivity contribution >= 4 is 17.6 Å². The van der Waals surface area contributed by atoms with Crippen molar-refractivity contribution in [2.75, 3.05) is 13.6 Å². The summed E-state index contributed by atoms with van der Waals surface area (Å²) >= 11 is 0. The van der Waals surface area contributed by atoms with Gasteiger partial charge in [0.2, 0.25) is 11.8 Å². The maximum Gasteiger partial charge on any atom is 0.227 e. The van der Waals surface area contributed by atoms with E-state index in [0.717, 1.165) is 0 Å². The molecule has 0 spiro atoms. The zero-order valence-electron chi connectivity index (χ0n) is 9.08. The first-order valence-corrected chi connectivity index (χ1v) is 5.02. The maximum atomic E-state index is 11.3. The van der Waals surface area contributed by atoms with E-state index in [-0.39, 0.29) is 30.1 Å². The second kappa shape index (κ2) is 4.91. The summed E-state index contributed by atoms with van der Waals surface area (Å²) in [6.07, 6.45) is 1.04. The molecule has 1 N–H and O–H groups in total. The Labute approximate surface area is 88.8 Å². The molecule has 1 aliphatic heterocycles. The molecular weight excluding hydrogens is 196 g/mol. The molecule has 1 atom stereocenters. The molecule has 2 amide bonds. The Bertz CT molecular complexity index is 288. The fourth-order valence-corrected chi connectivity index (χ4v) is 1.63. The van der Waals surface area contributed by atoms with Gasteiger partial charge in [0.1, 0.15) is 5.78 Å². The second-order valence-corrected chi connectivity index (χ2v) is 3.96. The summed E-state index contributed by atoms with van der Waals surface area (Å²) < 4.78 is 0. The van der Waals surface area contributed by atoms with Crippen LogP contribution in [0.1, 0.15) is 26.2 Å². The number of hydrogen-bond donors (Lipinski definition) is 1. The standard InChI is InChI=1S/C10H16N2O3/c1-7(13)5-9(14)11-8-3-4-10(15)12(2)6-8/h8H,3-6H2,1-2H3,(H,11,14). The Hall–Kier alpha value is -1.39. The fourth-order valence-electron chi connectivity index (χ4n) is 1.63. The predicted octanol–water partition coefficient (Wildman–Crippen LogP) is -0.297. The lowest BCUT2D eigenvalue weighted by Gasteiger charge is -2.30. The van der Waals surface area contributed by atoms with Gasteiger partial charge in [-0.3, -0.25) is 14.4 Å². The van der Waals surface area contributed by atoms with Crippen LogP contribution in [0, 0.1) is 0 Å². The topological polar surface area (TPSA) is 66.5 Å². The first-order valence-electron chi connectivity index (χ1n) is 5.02. The molecular formula is C10H16N2O3. The summed E-state index contributed by atoms with van der Waals surface area (Å²) in [6.45, 7) is 1.92. The number of piperidine rings is 1. The molecule has 1 fully saturated rings. The molecule has 1 heterocycles. The highest BCUT2D eigenvalue weighted by Crippen LogP contribution is 2.09. The lowest BCUT2D eigenvalue weighted by atomic mass is 10.1. The average Bonchev–Trinajstić information content (AvgIpc) is 2.10. The largest absolute Gasteiger partial charge is 0.351 e. The molecule has 84 valence electrons. The molecule has 5 heteroatoms. The fraction of sp³-hybridized carbons (Fsp3) is 0.700. The van der Waals surface area contributed by atoms with Gasteiger partial charge in [0.05, 0.1) is 6.42 Å². The van der Waals surface area contributed by atoms with E-state index in [2.05, 4.69) is 5.32 Å². The first kappa shape index (κ1) is 11.7. The number of nitrogens with zero attached hydrogens (tertiary/aromatic N) is 1. The number of hydrogen-bond acceptors (Lipinski definition) is 3. The monoisotopic (exact) mass is 212 g/mol.